The molecule has 0 N–H and O–H groups in total. The van der Waals surface area contributed by atoms with E-state index in [0.29, 0.717) is 62.8 Å². The molecule has 13 heteroatoms. The molecule has 0 aliphatic carbocycles. The Bertz CT molecular complexity index is 1580. The van der Waals surface area contributed by atoms with E-state index < -0.39 is 6.09 Å². The minimum Gasteiger partial charge on any atom is -0.487 e. The Kier molecular flexibility index (Phi) is 8.23. The molecule has 10 nitrogen and oxygen atoms in total. The van der Waals surface area contributed by atoms with Gasteiger partial charge in [-0.3, -0.25) is 4.90 Å². The number of aromatic nitrogens is 4. The summed E-state index contributed by atoms with van der Waals surface area (Å²) in [6.07, 6.45) is 4.13. The third-order valence-corrected chi connectivity index (χ3v) is 7.24. The van der Waals surface area contributed by atoms with Crippen molar-refractivity contribution in [1.82, 2.24) is 29.3 Å². The summed E-state index contributed by atoms with van der Waals surface area (Å²) in [6.45, 7) is 7.14. The number of pyridine rings is 1. The maximum atomic E-state index is 12.6. The van der Waals surface area contributed by atoms with Crippen LogP contribution in [-0.4, -0.2) is 75.3 Å². The number of aryl methyl sites for hydroxylation is 1. The van der Waals surface area contributed by atoms with Crippen LogP contribution in [0, 0.1) is 6.92 Å². The summed E-state index contributed by atoms with van der Waals surface area (Å²) in [7, 11) is 3.82. The van der Waals surface area contributed by atoms with Crippen molar-refractivity contribution in [2.45, 2.75) is 25.9 Å². The third kappa shape index (κ3) is 6.05. The van der Waals surface area contributed by atoms with Crippen molar-refractivity contribution in [3.63, 3.8) is 0 Å². The lowest BCUT2D eigenvalue weighted by molar-refractivity contribution is 0.0730. The number of carbonyl (C=O) groups excluding carboxylic acids is 1. The molecule has 3 aromatic heterocycles. The number of imidazole rings is 1. The first-order chi connectivity index (χ1) is 19.1. The molecule has 1 aromatic carbocycles. The SMILES string of the molecule is C=C1CCC(Oc2cc(Cl)c(-c3noc(-c4cn5cc(C)cc(Cl)c5n4)n3)cc2Cl)CN1C(=O)OCCN(C)C. The van der Waals surface area contributed by atoms with Gasteiger partial charge >= 0.3 is 6.09 Å². The molecule has 1 aliphatic heterocycles. The minimum absolute atomic E-state index is 0.208. The summed E-state index contributed by atoms with van der Waals surface area (Å²) in [5.74, 6) is 0.830. The monoisotopic (exact) mass is 604 g/mol. The van der Waals surface area contributed by atoms with Crippen molar-refractivity contribution in [3.8, 4) is 28.7 Å². The molecule has 40 heavy (non-hydrogen) atoms. The summed E-state index contributed by atoms with van der Waals surface area (Å²) in [4.78, 5) is 25.0. The van der Waals surface area contributed by atoms with Crippen LogP contribution in [0.4, 0.5) is 4.79 Å². The van der Waals surface area contributed by atoms with E-state index in [1.54, 1.807) is 22.7 Å². The molecule has 4 aromatic rings. The van der Waals surface area contributed by atoms with Gasteiger partial charge in [-0.1, -0.05) is 46.5 Å². The summed E-state index contributed by atoms with van der Waals surface area (Å²) < 4.78 is 18.8. The Morgan fingerprint density at radius 1 is 1.15 bits per heavy atom. The molecule has 5 rings (SSSR count). The predicted octanol–water partition coefficient (Wildman–Crippen LogP) is 6.38. The molecular weight excluding hydrogens is 579 g/mol. The van der Waals surface area contributed by atoms with Crippen LogP contribution in [0.25, 0.3) is 28.6 Å². The molecule has 4 heterocycles. The van der Waals surface area contributed by atoms with E-state index in [-0.39, 0.29) is 31.0 Å². The van der Waals surface area contributed by atoms with Gasteiger partial charge in [0.25, 0.3) is 5.89 Å². The normalized spacial score (nSPS) is 15.7. The molecule has 210 valence electrons. The van der Waals surface area contributed by atoms with Crippen LogP contribution >= 0.6 is 34.8 Å². The van der Waals surface area contributed by atoms with Gasteiger partial charge in [-0.05, 0) is 51.6 Å². The molecule has 1 atom stereocenters. The van der Waals surface area contributed by atoms with E-state index in [1.165, 1.54) is 4.90 Å². The van der Waals surface area contributed by atoms with Crippen molar-refractivity contribution in [3.05, 3.63) is 63.5 Å². The van der Waals surface area contributed by atoms with Crippen molar-refractivity contribution in [2.75, 3.05) is 33.8 Å². The number of fused-ring (bicyclic) bond motifs is 1. The topological polar surface area (TPSA) is 98.2 Å². The second-order valence-corrected chi connectivity index (χ2v) is 11.0. The zero-order valence-corrected chi connectivity index (χ0v) is 24.4. The zero-order chi connectivity index (χ0) is 28.6. The van der Waals surface area contributed by atoms with E-state index in [4.69, 9.17) is 48.8 Å². The van der Waals surface area contributed by atoms with E-state index in [0.717, 1.165) is 5.56 Å². The molecule has 1 saturated heterocycles. The number of hydrogen-bond donors (Lipinski definition) is 0. The standard InChI is InChI=1S/C27H27Cl3N6O4/c1-15-9-21(30)25-31-22(14-35(25)12-15)26-32-24(33-40-26)18-10-20(29)23(11-19(18)28)39-17-6-5-16(2)36(13-17)27(37)38-8-7-34(3)4/h9-12,14,17H,2,5-8,13H2,1,3-4H3. The largest absolute Gasteiger partial charge is 0.487 e. The van der Waals surface area contributed by atoms with E-state index in [2.05, 4.69) is 21.7 Å². The van der Waals surface area contributed by atoms with Gasteiger partial charge in [0.1, 0.15) is 24.2 Å². The van der Waals surface area contributed by atoms with Crippen LogP contribution in [0.1, 0.15) is 18.4 Å². The smallest absolute Gasteiger partial charge is 0.414 e. The van der Waals surface area contributed by atoms with Crippen molar-refractivity contribution < 1.29 is 18.8 Å². The molecule has 1 fully saturated rings. The Balaban J connectivity index is 1.30. The molecule has 0 radical (unpaired) electrons. The maximum Gasteiger partial charge on any atom is 0.414 e. The van der Waals surface area contributed by atoms with Crippen molar-refractivity contribution in [2.24, 2.45) is 0 Å². The lowest BCUT2D eigenvalue weighted by Gasteiger charge is -2.34. The number of likely N-dealkylation sites (N-methyl/N-ethyl adjacent to an activating group) is 1. The molecule has 0 bridgehead atoms. The second kappa shape index (κ2) is 11.7. The number of benzene rings is 1. The van der Waals surface area contributed by atoms with Gasteiger partial charge in [0.05, 0.1) is 21.6 Å². The number of hydrogen-bond acceptors (Lipinski definition) is 8. The van der Waals surface area contributed by atoms with Crippen LogP contribution in [-0.2, 0) is 4.74 Å². The van der Waals surface area contributed by atoms with Gasteiger partial charge in [0, 0.05) is 36.3 Å². The zero-order valence-electron chi connectivity index (χ0n) is 22.2. The van der Waals surface area contributed by atoms with Gasteiger partial charge in [-0.2, -0.15) is 4.98 Å². The van der Waals surface area contributed by atoms with Crippen LogP contribution in [0.3, 0.4) is 0 Å². The lowest BCUT2D eigenvalue weighted by atomic mass is 10.1. The molecule has 0 saturated carbocycles. The van der Waals surface area contributed by atoms with E-state index in [1.807, 2.05) is 38.2 Å². The second-order valence-electron chi connectivity index (χ2n) is 9.78. The van der Waals surface area contributed by atoms with Crippen LogP contribution < -0.4 is 4.74 Å². The molecular formula is C27H27Cl3N6O4. The number of piperidine rings is 1. The number of halogens is 3. The first-order valence-corrected chi connectivity index (χ1v) is 13.6. The fraction of sp³-hybridized carbons (Fsp3) is 0.333. The summed E-state index contributed by atoms with van der Waals surface area (Å²) in [5.41, 5.74) is 3.19. The highest BCUT2D eigenvalue weighted by atomic mass is 35.5. The molecule has 0 spiro atoms. The fourth-order valence-corrected chi connectivity index (χ4v) is 5.04. The fourth-order valence-electron chi connectivity index (χ4n) is 4.28. The van der Waals surface area contributed by atoms with Crippen LogP contribution in [0.5, 0.6) is 5.75 Å². The highest BCUT2D eigenvalue weighted by Crippen LogP contribution is 2.38. The summed E-state index contributed by atoms with van der Waals surface area (Å²) in [5, 5.41) is 5.22. The van der Waals surface area contributed by atoms with Gasteiger partial charge in [-0.25, -0.2) is 9.78 Å². The molecule has 1 amide bonds. The Hall–Kier alpha value is -3.31. The third-order valence-electron chi connectivity index (χ3n) is 6.35. The maximum absolute atomic E-state index is 12.6. The quantitative estimate of drug-likeness (QED) is 0.240. The number of amides is 1. The van der Waals surface area contributed by atoms with E-state index >= 15 is 0 Å². The highest BCUT2D eigenvalue weighted by Gasteiger charge is 2.29. The lowest BCUT2D eigenvalue weighted by Crippen LogP contribution is -2.43. The Labute approximate surface area is 246 Å². The highest BCUT2D eigenvalue weighted by molar-refractivity contribution is 6.36. The van der Waals surface area contributed by atoms with Crippen LogP contribution in [0.2, 0.25) is 15.1 Å². The molecule has 1 aliphatic rings. The minimum atomic E-state index is -0.449. The van der Waals surface area contributed by atoms with Gasteiger partial charge in [0.15, 0.2) is 5.65 Å². The van der Waals surface area contributed by atoms with Crippen molar-refractivity contribution >= 4 is 46.5 Å². The Morgan fingerprint density at radius 2 is 1.95 bits per heavy atom. The summed E-state index contributed by atoms with van der Waals surface area (Å²) >= 11 is 19.5. The first-order valence-electron chi connectivity index (χ1n) is 12.5. The average Bonchev–Trinajstić information content (AvgIpc) is 3.54. The Morgan fingerprint density at radius 3 is 2.73 bits per heavy atom. The number of likely N-dealkylation sites (tertiary alicyclic amines) is 1. The number of allylic oxidation sites excluding steroid dienone is 1. The first kappa shape index (κ1) is 28.2. The van der Waals surface area contributed by atoms with Gasteiger partial charge < -0.3 is 23.3 Å². The number of ether oxygens (including phenoxy) is 2. The summed E-state index contributed by atoms with van der Waals surface area (Å²) in [6, 6.07) is 5.05. The molecule has 1 unspecified atom stereocenters. The number of rotatable bonds is 7. The van der Waals surface area contributed by atoms with E-state index in [9.17, 15) is 4.79 Å². The number of nitrogens with zero attached hydrogens (tertiary/aromatic N) is 6. The van der Waals surface area contributed by atoms with Gasteiger partial charge in [-0.15, -0.1) is 0 Å². The number of carbonyl (C=O) groups is 1. The average molecular weight is 606 g/mol. The van der Waals surface area contributed by atoms with Crippen LogP contribution in [0.15, 0.2) is 47.4 Å². The van der Waals surface area contributed by atoms with Crippen molar-refractivity contribution in [1.29, 1.82) is 0 Å². The predicted molar refractivity (Wildman–Crippen MR) is 153 cm³/mol. The van der Waals surface area contributed by atoms with Gasteiger partial charge in [0.2, 0.25) is 5.82 Å².